The van der Waals surface area contributed by atoms with Crippen LogP contribution in [0.4, 0.5) is 5.69 Å². The van der Waals surface area contributed by atoms with Gasteiger partial charge in [-0.15, -0.1) is 0 Å². The Morgan fingerprint density at radius 2 is 2.33 bits per heavy atom. The molecule has 1 aliphatic rings. The zero-order valence-electron chi connectivity index (χ0n) is 12.2. The lowest BCUT2D eigenvalue weighted by molar-refractivity contribution is -0.149. The Hall–Kier alpha value is -2.05. The van der Waals surface area contributed by atoms with Gasteiger partial charge in [0, 0.05) is 12.2 Å². The predicted octanol–water partition coefficient (Wildman–Crippen LogP) is 0.902. The number of carbonyl (C=O) groups excluding carboxylic acids is 2. The zero-order valence-corrected chi connectivity index (χ0v) is 12.2. The van der Waals surface area contributed by atoms with Gasteiger partial charge in [0.1, 0.15) is 6.54 Å². The fraction of sp³-hybridized carbons (Fsp3) is 0.643. The average molecular weight is 294 g/mol. The summed E-state index contributed by atoms with van der Waals surface area (Å²) in [4.78, 5) is 22.6. The lowest BCUT2D eigenvalue weighted by Gasteiger charge is -2.28. The minimum atomic E-state index is -0.426. The molecule has 1 amide bonds. The molecule has 0 spiro atoms. The van der Waals surface area contributed by atoms with Gasteiger partial charge in [0.05, 0.1) is 24.4 Å². The molecule has 116 valence electrons. The number of nitrogens with one attached hydrogen (secondary N) is 1. The van der Waals surface area contributed by atoms with Crippen LogP contribution in [0.5, 0.6) is 0 Å². The number of ether oxygens (including phenoxy) is 1. The summed E-state index contributed by atoms with van der Waals surface area (Å²) in [5.41, 5.74) is 5.97. The highest BCUT2D eigenvalue weighted by Crippen LogP contribution is 2.27. The van der Waals surface area contributed by atoms with E-state index in [0.717, 1.165) is 31.4 Å². The monoisotopic (exact) mass is 294 g/mol. The predicted molar refractivity (Wildman–Crippen MR) is 77.4 cm³/mol. The number of anilines is 1. The number of esters is 1. The largest absolute Gasteiger partial charge is 0.466 e. The van der Waals surface area contributed by atoms with E-state index in [1.807, 2.05) is 6.92 Å². The topological polar surface area (TPSA) is 99.2 Å². The molecule has 0 aromatic carbocycles. The third kappa shape index (κ3) is 4.47. The summed E-state index contributed by atoms with van der Waals surface area (Å²) in [5.74, 6) is -0.560. The number of hydrogen-bond donors (Lipinski definition) is 2. The van der Waals surface area contributed by atoms with Crippen molar-refractivity contribution in [1.29, 1.82) is 0 Å². The first-order valence-electron chi connectivity index (χ1n) is 7.32. The van der Waals surface area contributed by atoms with E-state index in [9.17, 15) is 9.59 Å². The molecular weight excluding hydrogens is 272 g/mol. The molecule has 2 atom stereocenters. The summed E-state index contributed by atoms with van der Waals surface area (Å²) < 4.78 is 6.59. The lowest BCUT2D eigenvalue weighted by atomic mass is 9.85. The average Bonchev–Trinajstić information content (AvgIpc) is 2.85. The molecule has 7 heteroatoms. The second-order valence-corrected chi connectivity index (χ2v) is 5.35. The van der Waals surface area contributed by atoms with E-state index in [1.165, 1.54) is 4.68 Å². The van der Waals surface area contributed by atoms with Crippen LogP contribution in [0.3, 0.4) is 0 Å². The molecule has 1 fully saturated rings. The molecule has 2 rings (SSSR count). The Bertz CT molecular complexity index is 500. The van der Waals surface area contributed by atoms with E-state index in [1.54, 1.807) is 12.4 Å². The number of rotatable bonds is 6. The molecule has 2 unspecified atom stereocenters. The van der Waals surface area contributed by atoms with E-state index in [0.29, 0.717) is 6.61 Å². The van der Waals surface area contributed by atoms with E-state index in [-0.39, 0.29) is 24.5 Å². The number of hydrogen-bond acceptors (Lipinski definition) is 5. The van der Waals surface area contributed by atoms with Crippen molar-refractivity contribution in [3.8, 4) is 0 Å². The molecule has 7 nitrogen and oxygen atoms in total. The second kappa shape index (κ2) is 7.10. The van der Waals surface area contributed by atoms with Crippen LogP contribution in [0.2, 0.25) is 0 Å². The Balaban J connectivity index is 1.88. The molecule has 1 aliphatic carbocycles. The summed E-state index contributed by atoms with van der Waals surface area (Å²) in [5, 5.41) is 7.43. The van der Waals surface area contributed by atoms with Crippen molar-refractivity contribution in [3.63, 3.8) is 0 Å². The highest BCUT2D eigenvalue weighted by Gasteiger charge is 2.28. The number of aromatic nitrogens is 2. The minimum Gasteiger partial charge on any atom is -0.466 e. The smallest absolute Gasteiger partial charge is 0.308 e. The van der Waals surface area contributed by atoms with Gasteiger partial charge in [0.15, 0.2) is 0 Å². The third-order valence-electron chi connectivity index (χ3n) is 3.62. The Morgan fingerprint density at radius 1 is 1.52 bits per heavy atom. The molecule has 21 heavy (non-hydrogen) atoms. The van der Waals surface area contributed by atoms with Crippen molar-refractivity contribution >= 4 is 17.6 Å². The number of nitrogens with two attached hydrogens (primary N) is 1. The Labute approximate surface area is 123 Å². The van der Waals surface area contributed by atoms with Crippen LogP contribution in [-0.2, 0) is 20.9 Å². The van der Waals surface area contributed by atoms with Crippen molar-refractivity contribution in [3.05, 3.63) is 12.4 Å². The van der Waals surface area contributed by atoms with Gasteiger partial charge in [-0.3, -0.25) is 14.3 Å². The van der Waals surface area contributed by atoms with Crippen molar-refractivity contribution in [1.82, 2.24) is 9.78 Å². The van der Waals surface area contributed by atoms with Crippen LogP contribution in [-0.4, -0.2) is 34.3 Å². The van der Waals surface area contributed by atoms with Gasteiger partial charge in [0.25, 0.3) is 0 Å². The Morgan fingerprint density at radius 3 is 3.05 bits per heavy atom. The fourth-order valence-corrected chi connectivity index (χ4v) is 2.72. The first kappa shape index (κ1) is 15.3. The van der Waals surface area contributed by atoms with E-state index >= 15 is 0 Å². The summed E-state index contributed by atoms with van der Waals surface area (Å²) in [6, 6.07) is 0.222. The summed E-state index contributed by atoms with van der Waals surface area (Å²) in [6.45, 7) is 2.31. The maximum Gasteiger partial charge on any atom is 0.308 e. The van der Waals surface area contributed by atoms with Crippen LogP contribution >= 0.6 is 0 Å². The molecule has 3 N–H and O–H groups in total. The first-order chi connectivity index (χ1) is 10.1. The van der Waals surface area contributed by atoms with Crippen molar-refractivity contribution < 1.29 is 14.3 Å². The molecule has 1 heterocycles. The van der Waals surface area contributed by atoms with Gasteiger partial charge >= 0.3 is 5.97 Å². The van der Waals surface area contributed by atoms with Crippen LogP contribution in [0.25, 0.3) is 0 Å². The number of nitrogens with zero attached hydrogens (tertiary/aromatic N) is 2. The van der Waals surface area contributed by atoms with E-state index in [2.05, 4.69) is 10.4 Å². The highest BCUT2D eigenvalue weighted by atomic mass is 16.5. The highest BCUT2D eigenvalue weighted by molar-refractivity contribution is 5.73. The van der Waals surface area contributed by atoms with Gasteiger partial charge in [-0.05, 0) is 26.2 Å². The summed E-state index contributed by atoms with van der Waals surface area (Å²) in [7, 11) is 0. The normalized spacial score (nSPS) is 21.8. The van der Waals surface area contributed by atoms with Gasteiger partial charge in [-0.2, -0.15) is 5.10 Å². The molecule has 0 saturated heterocycles. The molecule has 1 saturated carbocycles. The van der Waals surface area contributed by atoms with Crippen molar-refractivity contribution in [2.24, 2.45) is 11.7 Å². The lowest BCUT2D eigenvalue weighted by Crippen LogP contribution is -2.31. The second-order valence-electron chi connectivity index (χ2n) is 5.35. The SMILES string of the molecule is CCOC(=O)C1CCCC(Nc2cnn(CC(N)=O)c2)C1. The van der Waals surface area contributed by atoms with E-state index in [4.69, 9.17) is 10.5 Å². The van der Waals surface area contributed by atoms with Crippen molar-refractivity contribution in [2.75, 3.05) is 11.9 Å². The number of amides is 1. The zero-order chi connectivity index (χ0) is 15.2. The Kier molecular flexibility index (Phi) is 5.19. The minimum absolute atomic E-state index is 0.0307. The van der Waals surface area contributed by atoms with Gasteiger partial charge in [-0.25, -0.2) is 0 Å². The molecule has 0 aliphatic heterocycles. The van der Waals surface area contributed by atoms with Gasteiger partial charge in [0.2, 0.25) is 5.91 Å². The fourth-order valence-electron chi connectivity index (χ4n) is 2.72. The standard InChI is InChI=1S/C14H22N4O3/c1-2-21-14(20)10-4-3-5-11(6-10)17-12-7-16-18(8-12)9-13(15)19/h7-8,10-11,17H,2-6,9H2,1H3,(H2,15,19). The summed E-state index contributed by atoms with van der Waals surface area (Å²) in [6.07, 6.45) is 7.07. The van der Waals surface area contributed by atoms with Crippen molar-refractivity contribution in [2.45, 2.75) is 45.2 Å². The number of carbonyl (C=O) groups is 2. The first-order valence-corrected chi connectivity index (χ1v) is 7.32. The number of primary amides is 1. The van der Waals surface area contributed by atoms with E-state index < -0.39 is 5.91 Å². The maximum atomic E-state index is 11.8. The van der Waals surface area contributed by atoms with Crippen LogP contribution in [0, 0.1) is 5.92 Å². The molecule has 1 aromatic heterocycles. The maximum absolute atomic E-state index is 11.8. The van der Waals surface area contributed by atoms with Crippen LogP contribution in [0.15, 0.2) is 12.4 Å². The molecular formula is C14H22N4O3. The molecule has 0 bridgehead atoms. The molecule has 0 radical (unpaired) electrons. The van der Waals surface area contributed by atoms with Gasteiger partial charge in [-0.1, -0.05) is 6.42 Å². The third-order valence-corrected chi connectivity index (χ3v) is 3.62. The van der Waals surface area contributed by atoms with Crippen LogP contribution in [0.1, 0.15) is 32.6 Å². The van der Waals surface area contributed by atoms with Crippen LogP contribution < -0.4 is 11.1 Å². The van der Waals surface area contributed by atoms with Gasteiger partial charge < -0.3 is 15.8 Å². The summed E-state index contributed by atoms with van der Waals surface area (Å²) >= 11 is 0. The quantitative estimate of drug-likeness (QED) is 0.759. The molecule has 1 aromatic rings.